The smallest absolute Gasteiger partial charge is 0.119 e. The Kier molecular flexibility index (Phi) is 5.30. The molecule has 0 aliphatic rings. The molecule has 4 nitrogen and oxygen atoms in total. The second kappa shape index (κ2) is 5.70. The first-order valence-corrected chi connectivity index (χ1v) is 4.12. The maximum atomic E-state index is 9.16. The second-order valence-corrected chi connectivity index (χ2v) is 2.97. The van der Waals surface area contributed by atoms with Crippen LogP contribution in [0, 0.1) is 0 Å². The van der Waals surface area contributed by atoms with E-state index in [4.69, 9.17) is 21.7 Å². The van der Waals surface area contributed by atoms with Gasteiger partial charge in [0.05, 0.1) is 0 Å². The summed E-state index contributed by atoms with van der Waals surface area (Å²) in [6, 6.07) is 4.08. The molecule has 0 aromatic heterocycles. The van der Waals surface area contributed by atoms with Crippen LogP contribution < -0.4 is 11.5 Å². The monoisotopic (exact) mass is 218 g/mol. The summed E-state index contributed by atoms with van der Waals surface area (Å²) >= 11 is 0. The molecule has 0 aliphatic heterocycles. The summed E-state index contributed by atoms with van der Waals surface area (Å²) in [6.07, 6.45) is 0.628. The molecule has 1 aromatic rings. The van der Waals surface area contributed by atoms with Crippen molar-refractivity contribution in [1.29, 1.82) is 0 Å². The zero-order valence-electron chi connectivity index (χ0n) is 7.68. The molecule has 0 spiro atoms. The summed E-state index contributed by atoms with van der Waals surface area (Å²) in [5.74, 6) is 0.0324. The van der Waals surface area contributed by atoms with Crippen LogP contribution >= 0.6 is 12.4 Å². The van der Waals surface area contributed by atoms with Crippen molar-refractivity contribution < 1.29 is 10.2 Å². The van der Waals surface area contributed by atoms with Gasteiger partial charge < -0.3 is 21.7 Å². The quantitative estimate of drug-likeness (QED) is 0.606. The minimum atomic E-state index is -0.233. The Morgan fingerprint density at radius 1 is 1.14 bits per heavy atom. The van der Waals surface area contributed by atoms with Crippen molar-refractivity contribution in [1.82, 2.24) is 0 Å². The van der Waals surface area contributed by atoms with E-state index < -0.39 is 0 Å². The molecule has 6 N–H and O–H groups in total. The normalized spacial score (nSPS) is 11.9. The zero-order chi connectivity index (χ0) is 9.84. The van der Waals surface area contributed by atoms with Crippen molar-refractivity contribution in [2.45, 2.75) is 12.5 Å². The van der Waals surface area contributed by atoms with Gasteiger partial charge in [0.1, 0.15) is 11.5 Å². The van der Waals surface area contributed by atoms with E-state index in [1.54, 1.807) is 0 Å². The lowest BCUT2D eigenvalue weighted by molar-refractivity contribution is 0.447. The summed E-state index contributed by atoms with van der Waals surface area (Å²) in [6.45, 7) is 0.484. The van der Waals surface area contributed by atoms with E-state index in [2.05, 4.69) is 0 Å². The van der Waals surface area contributed by atoms with Crippen LogP contribution in [0.1, 0.15) is 18.0 Å². The minimum absolute atomic E-state index is 0. The number of rotatable bonds is 3. The molecule has 0 saturated carbocycles. The number of halogens is 1. The molecule has 0 fully saturated rings. The SMILES string of the molecule is Cl.NCC[C@@H](N)c1cc(O)cc(O)c1. The van der Waals surface area contributed by atoms with Crippen LogP contribution in [-0.4, -0.2) is 16.8 Å². The highest BCUT2D eigenvalue weighted by molar-refractivity contribution is 5.85. The van der Waals surface area contributed by atoms with E-state index in [0.29, 0.717) is 18.5 Å². The molecule has 0 radical (unpaired) electrons. The molecule has 0 aliphatic carbocycles. The summed E-state index contributed by atoms with van der Waals surface area (Å²) in [5, 5.41) is 18.3. The molecule has 80 valence electrons. The number of phenols is 2. The van der Waals surface area contributed by atoms with Gasteiger partial charge in [-0.05, 0) is 30.7 Å². The van der Waals surface area contributed by atoms with Gasteiger partial charge in [-0.25, -0.2) is 0 Å². The van der Waals surface area contributed by atoms with Crippen LogP contribution in [0.4, 0.5) is 0 Å². The van der Waals surface area contributed by atoms with Crippen LogP contribution in [0.15, 0.2) is 18.2 Å². The number of nitrogens with two attached hydrogens (primary N) is 2. The lowest BCUT2D eigenvalue weighted by atomic mass is 10.0. The molecule has 1 rings (SSSR count). The van der Waals surface area contributed by atoms with Crippen LogP contribution in [0.25, 0.3) is 0 Å². The van der Waals surface area contributed by atoms with E-state index >= 15 is 0 Å². The Labute approximate surface area is 88.9 Å². The van der Waals surface area contributed by atoms with E-state index in [1.165, 1.54) is 18.2 Å². The molecule has 0 bridgehead atoms. The highest BCUT2D eigenvalue weighted by Crippen LogP contribution is 2.24. The fourth-order valence-corrected chi connectivity index (χ4v) is 1.18. The molecular formula is C9H15ClN2O2. The summed E-state index contributed by atoms with van der Waals surface area (Å²) in [4.78, 5) is 0. The average Bonchev–Trinajstić information content (AvgIpc) is 2.03. The van der Waals surface area contributed by atoms with E-state index in [1.807, 2.05) is 0 Å². The van der Waals surface area contributed by atoms with Crippen LogP contribution in [0.5, 0.6) is 11.5 Å². The number of hydrogen-bond acceptors (Lipinski definition) is 4. The zero-order valence-corrected chi connectivity index (χ0v) is 8.50. The van der Waals surface area contributed by atoms with Crippen molar-refractivity contribution in [2.75, 3.05) is 6.54 Å². The third kappa shape index (κ3) is 3.41. The maximum absolute atomic E-state index is 9.16. The van der Waals surface area contributed by atoms with Gasteiger partial charge in [-0.2, -0.15) is 0 Å². The molecule has 0 amide bonds. The van der Waals surface area contributed by atoms with Crippen molar-refractivity contribution in [3.05, 3.63) is 23.8 Å². The van der Waals surface area contributed by atoms with E-state index in [-0.39, 0.29) is 29.9 Å². The first kappa shape index (κ1) is 13.0. The van der Waals surface area contributed by atoms with Crippen LogP contribution in [0.3, 0.4) is 0 Å². The van der Waals surface area contributed by atoms with Crippen molar-refractivity contribution in [2.24, 2.45) is 11.5 Å². The first-order valence-electron chi connectivity index (χ1n) is 4.12. The Bertz CT molecular complexity index is 274. The van der Waals surface area contributed by atoms with Gasteiger partial charge in [-0.3, -0.25) is 0 Å². The number of phenolic OH excluding ortho intramolecular Hbond substituents is 2. The van der Waals surface area contributed by atoms with Gasteiger partial charge in [0.25, 0.3) is 0 Å². The Hall–Kier alpha value is -0.970. The Morgan fingerprint density at radius 2 is 1.64 bits per heavy atom. The third-order valence-electron chi connectivity index (χ3n) is 1.83. The van der Waals surface area contributed by atoms with Gasteiger partial charge >= 0.3 is 0 Å². The average molecular weight is 219 g/mol. The van der Waals surface area contributed by atoms with Gasteiger partial charge in [0.2, 0.25) is 0 Å². The third-order valence-corrected chi connectivity index (χ3v) is 1.83. The summed E-state index contributed by atoms with van der Waals surface area (Å²) < 4.78 is 0. The van der Waals surface area contributed by atoms with Crippen LogP contribution in [-0.2, 0) is 0 Å². The lowest BCUT2D eigenvalue weighted by Gasteiger charge is -2.11. The molecule has 1 atom stereocenters. The number of hydrogen-bond donors (Lipinski definition) is 4. The summed E-state index contributed by atoms with van der Waals surface area (Å²) in [7, 11) is 0. The minimum Gasteiger partial charge on any atom is -0.508 e. The van der Waals surface area contributed by atoms with Crippen molar-refractivity contribution >= 4 is 12.4 Å². The highest BCUT2D eigenvalue weighted by Gasteiger charge is 2.07. The molecule has 14 heavy (non-hydrogen) atoms. The lowest BCUT2D eigenvalue weighted by Crippen LogP contribution is -2.15. The Balaban J connectivity index is 0.00000169. The molecular weight excluding hydrogens is 204 g/mol. The highest BCUT2D eigenvalue weighted by atomic mass is 35.5. The van der Waals surface area contributed by atoms with Crippen LogP contribution in [0.2, 0.25) is 0 Å². The fourth-order valence-electron chi connectivity index (χ4n) is 1.18. The van der Waals surface area contributed by atoms with Gasteiger partial charge in [-0.1, -0.05) is 0 Å². The van der Waals surface area contributed by atoms with Gasteiger partial charge in [-0.15, -0.1) is 12.4 Å². The standard InChI is InChI=1S/C9H14N2O2.ClH/c10-2-1-9(11)6-3-7(12)5-8(13)4-6;/h3-5,9,12-13H,1-2,10-11H2;1H/t9-;/m1./s1. The van der Waals surface area contributed by atoms with Gasteiger partial charge in [0, 0.05) is 12.1 Å². The summed E-state index contributed by atoms with van der Waals surface area (Å²) in [5.41, 5.74) is 11.8. The number of benzene rings is 1. The van der Waals surface area contributed by atoms with Crippen molar-refractivity contribution in [3.63, 3.8) is 0 Å². The second-order valence-electron chi connectivity index (χ2n) is 2.97. The maximum Gasteiger partial charge on any atom is 0.119 e. The van der Waals surface area contributed by atoms with Crippen molar-refractivity contribution in [3.8, 4) is 11.5 Å². The first-order chi connectivity index (χ1) is 6.13. The number of aromatic hydroxyl groups is 2. The fraction of sp³-hybridized carbons (Fsp3) is 0.333. The van der Waals surface area contributed by atoms with E-state index in [9.17, 15) is 0 Å². The molecule has 0 saturated heterocycles. The largest absolute Gasteiger partial charge is 0.508 e. The van der Waals surface area contributed by atoms with E-state index in [0.717, 1.165) is 0 Å². The Morgan fingerprint density at radius 3 is 2.07 bits per heavy atom. The molecule has 1 aromatic carbocycles. The molecule has 0 unspecified atom stereocenters. The molecule has 0 heterocycles. The van der Waals surface area contributed by atoms with Gasteiger partial charge in [0.15, 0.2) is 0 Å². The molecule has 5 heteroatoms. The topological polar surface area (TPSA) is 92.5 Å². The predicted octanol–water partition coefficient (Wildman–Crippen LogP) is 0.868. The predicted molar refractivity (Wildman–Crippen MR) is 57.6 cm³/mol.